The minimum Gasteiger partial charge on any atom is -0.394 e. The molecule has 1 unspecified atom stereocenters. The summed E-state index contributed by atoms with van der Waals surface area (Å²) in [5.74, 6) is 0. The molecule has 150 valence electrons. The van der Waals surface area contributed by atoms with Gasteiger partial charge in [-0.15, -0.1) is 0 Å². The first-order valence-electron chi connectivity index (χ1n) is 10.4. The molecule has 0 aromatic rings. The van der Waals surface area contributed by atoms with E-state index in [0.717, 1.165) is 12.8 Å². The van der Waals surface area contributed by atoms with Gasteiger partial charge in [-0.05, 0) is 38.5 Å². The van der Waals surface area contributed by atoms with Crippen molar-refractivity contribution in [3.8, 4) is 0 Å². The molecule has 0 fully saturated rings. The van der Waals surface area contributed by atoms with Crippen LogP contribution in [0.25, 0.3) is 0 Å². The molecule has 0 spiro atoms. The summed E-state index contributed by atoms with van der Waals surface area (Å²) >= 11 is 0. The van der Waals surface area contributed by atoms with Gasteiger partial charge in [0, 0.05) is 0 Å². The number of ether oxygens (including phenoxy) is 1. The molecule has 0 bridgehead atoms. The molecule has 0 saturated heterocycles. The lowest BCUT2D eigenvalue weighted by molar-refractivity contribution is -0.130. The molecular weight excluding hydrogens is 316 g/mol. The highest BCUT2D eigenvalue weighted by atomic mass is 16.6. The van der Waals surface area contributed by atoms with E-state index in [1.165, 1.54) is 70.6 Å². The first-order chi connectivity index (χ1) is 12.2. The van der Waals surface area contributed by atoms with Crippen LogP contribution in [0, 0.1) is 0 Å². The van der Waals surface area contributed by atoms with Crippen molar-refractivity contribution in [3.05, 3.63) is 12.2 Å². The average molecular weight is 359 g/mol. The Morgan fingerprint density at radius 3 is 1.84 bits per heavy atom. The van der Waals surface area contributed by atoms with Crippen molar-refractivity contribution in [1.29, 1.82) is 0 Å². The number of aliphatic hydroxyl groups excluding tert-OH is 3. The van der Waals surface area contributed by atoms with Crippen molar-refractivity contribution >= 4 is 0 Å². The highest BCUT2D eigenvalue weighted by molar-refractivity contribution is 4.81. The molecule has 4 nitrogen and oxygen atoms in total. The number of unbranched alkanes of at least 4 members (excludes halogenated alkanes) is 11. The summed E-state index contributed by atoms with van der Waals surface area (Å²) in [7, 11) is 0. The molecule has 0 aliphatic heterocycles. The third-order valence-electron chi connectivity index (χ3n) is 4.40. The summed E-state index contributed by atoms with van der Waals surface area (Å²) in [4.78, 5) is 0. The lowest BCUT2D eigenvalue weighted by Crippen LogP contribution is -2.24. The smallest absolute Gasteiger partial charge is 0.154 e. The SMILES string of the molecule is CCCCCCCC/C=C\CCCCCCCC(O)OC[C@H](O)CO. The number of hydrogen-bond acceptors (Lipinski definition) is 4. The summed E-state index contributed by atoms with van der Waals surface area (Å²) in [5.41, 5.74) is 0. The summed E-state index contributed by atoms with van der Waals surface area (Å²) in [6.45, 7) is 1.91. The van der Waals surface area contributed by atoms with Crippen molar-refractivity contribution in [1.82, 2.24) is 0 Å². The highest BCUT2D eigenvalue weighted by Crippen LogP contribution is 2.11. The second-order valence-corrected chi connectivity index (χ2v) is 7.00. The molecule has 0 amide bonds. The fourth-order valence-corrected chi connectivity index (χ4v) is 2.75. The Hall–Kier alpha value is -0.420. The quantitative estimate of drug-likeness (QED) is 0.178. The molecule has 0 rings (SSSR count). The monoisotopic (exact) mass is 358 g/mol. The van der Waals surface area contributed by atoms with Crippen molar-refractivity contribution in [3.63, 3.8) is 0 Å². The van der Waals surface area contributed by atoms with Gasteiger partial charge in [-0.25, -0.2) is 0 Å². The Bertz CT molecular complexity index is 281. The number of aliphatic hydroxyl groups is 3. The maximum absolute atomic E-state index is 9.57. The highest BCUT2D eigenvalue weighted by Gasteiger charge is 2.07. The van der Waals surface area contributed by atoms with E-state index in [2.05, 4.69) is 19.1 Å². The van der Waals surface area contributed by atoms with E-state index in [9.17, 15) is 5.11 Å². The summed E-state index contributed by atoms with van der Waals surface area (Å²) < 4.78 is 5.05. The van der Waals surface area contributed by atoms with E-state index in [1.54, 1.807) is 0 Å². The van der Waals surface area contributed by atoms with Gasteiger partial charge in [0.25, 0.3) is 0 Å². The lowest BCUT2D eigenvalue weighted by atomic mass is 10.1. The lowest BCUT2D eigenvalue weighted by Gasteiger charge is -2.13. The normalized spacial score (nSPS) is 14.2. The van der Waals surface area contributed by atoms with Crippen LogP contribution in [-0.4, -0.2) is 40.9 Å². The Kier molecular flexibility index (Phi) is 19.6. The van der Waals surface area contributed by atoms with Crippen LogP contribution < -0.4 is 0 Å². The van der Waals surface area contributed by atoms with Crippen LogP contribution in [0.5, 0.6) is 0 Å². The zero-order valence-corrected chi connectivity index (χ0v) is 16.4. The van der Waals surface area contributed by atoms with Crippen molar-refractivity contribution < 1.29 is 20.1 Å². The first kappa shape index (κ1) is 24.6. The largest absolute Gasteiger partial charge is 0.394 e. The van der Waals surface area contributed by atoms with Gasteiger partial charge in [0.1, 0.15) is 6.10 Å². The second-order valence-electron chi connectivity index (χ2n) is 7.00. The zero-order chi connectivity index (χ0) is 18.6. The molecule has 0 heterocycles. The molecule has 2 atom stereocenters. The number of rotatable bonds is 19. The fraction of sp³-hybridized carbons (Fsp3) is 0.905. The van der Waals surface area contributed by atoms with Crippen LogP contribution in [0.3, 0.4) is 0 Å². The van der Waals surface area contributed by atoms with E-state index >= 15 is 0 Å². The summed E-state index contributed by atoms with van der Waals surface area (Å²) in [6, 6.07) is 0. The fourth-order valence-electron chi connectivity index (χ4n) is 2.75. The van der Waals surface area contributed by atoms with Gasteiger partial charge in [-0.1, -0.05) is 70.4 Å². The third kappa shape index (κ3) is 19.7. The van der Waals surface area contributed by atoms with Gasteiger partial charge in [-0.2, -0.15) is 0 Å². The minimum absolute atomic E-state index is 0.0112. The molecular formula is C21H42O4. The van der Waals surface area contributed by atoms with Gasteiger partial charge in [0.2, 0.25) is 0 Å². The second kappa shape index (κ2) is 19.9. The van der Waals surface area contributed by atoms with Crippen molar-refractivity contribution in [2.24, 2.45) is 0 Å². The molecule has 3 N–H and O–H groups in total. The molecule has 4 heteroatoms. The zero-order valence-electron chi connectivity index (χ0n) is 16.4. The topological polar surface area (TPSA) is 69.9 Å². The first-order valence-corrected chi connectivity index (χ1v) is 10.4. The van der Waals surface area contributed by atoms with Crippen LogP contribution in [0.4, 0.5) is 0 Å². The van der Waals surface area contributed by atoms with Crippen LogP contribution in [0.15, 0.2) is 12.2 Å². The van der Waals surface area contributed by atoms with E-state index in [4.69, 9.17) is 14.9 Å². The molecule has 0 aromatic carbocycles. The summed E-state index contributed by atoms with van der Waals surface area (Å²) in [6.07, 6.45) is 19.9. The third-order valence-corrected chi connectivity index (χ3v) is 4.40. The standard InChI is InChI=1S/C21H42O4/c1-2-3-4-5-6-7-8-9-10-11-12-13-14-15-16-17-21(24)25-19-20(23)18-22/h9-10,20-24H,2-8,11-19H2,1H3/b10-9-/t20-,21?/m1/s1. The van der Waals surface area contributed by atoms with E-state index in [0.29, 0.717) is 6.42 Å². The van der Waals surface area contributed by atoms with Crippen molar-refractivity contribution in [2.45, 2.75) is 109 Å². The van der Waals surface area contributed by atoms with Gasteiger partial charge < -0.3 is 20.1 Å². The van der Waals surface area contributed by atoms with Crippen LogP contribution in [0.2, 0.25) is 0 Å². The Balaban J connectivity index is 3.21. The van der Waals surface area contributed by atoms with E-state index in [-0.39, 0.29) is 13.2 Å². The van der Waals surface area contributed by atoms with Crippen molar-refractivity contribution in [2.75, 3.05) is 13.2 Å². The Morgan fingerprint density at radius 2 is 1.28 bits per heavy atom. The van der Waals surface area contributed by atoms with Crippen LogP contribution >= 0.6 is 0 Å². The van der Waals surface area contributed by atoms with E-state index in [1.807, 2.05) is 0 Å². The maximum Gasteiger partial charge on any atom is 0.154 e. The van der Waals surface area contributed by atoms with Crippen LogP contribution in [0.1, 0.15) is 96.8 Å². The Morgan fingerprint density at radius 1 is 0.760 bits per heavy atom. The molecule has 25 heavy (non-hydrogen) atoms. The van der Waals surface area contributed by atoms with E-state index < -0.39 is 12.4 Å². The predicted molar refractivity (Wildman–Crippen MR) is 105 cm³/mol. The summed E-state index contributed by atoms with van der Waals surface area (Å²) in [5, 5.41) is 27.3. The van der Waals surface area contributed by atoms with Gasteiger partial charge in [-0.3, -0.25) is 0 Å². The number of hydrogen-bond donors (Lipinski definition) is 3. The molecule has 0 radical (unpaired) electrons. The molecule has 0 aliphatic rings. The van der Waals surface area contributed by atoms with Gasteiger partial charge >= 0.3 is 0 Å². The maximum atomic E-state index is 9.57. The predicted octanol–water partition coefficient (Wildman–Crippen LogP) is 4.71. The minimum atomic E-state index is -0.899. The van der Waals surface area contributed by atoms with Crippen LogP contribution in [-0.2, 0) is 4.74 Å². The molecule has 0 saturated carbocycles. The van der Waals surface area contributed by atoms with Gasteiger partial charge in [0.15, 0.2) is 6.29 Å². The number of allylic oxidation sites excluding steroid dienone is 2. The van der Waals surface area contributed by atoms with Gasteiger partial charge in [0.05, 0.1) is 13.2 Å². The average Bonchev–Trinajstić information content (AvgIpc) is 2.62. The Labute approximate surface area is 155 Å². The molecule has 0 aliphatic carbocycles. The molecule has 0 aromatic heterocycles.